The van der Waals surface area contributed by atoms with Gasteiger partial charge in [0.1, 0.15) is 24.1 Å². The zero-order chi connectivity index (χ0) is 42.6. The van der Waals surface area contributed by atoms with E-state index in [1.807, 2.05) is 55.5 Å². The Hall–Kier alpha value is -4.69. The number of carbonyl (C=O) groups is 1. The molecule has 328 valence electrons. The molecule has 13 heteroatoms. The Bertz CT molecular complexity index is 1990. The van der Waals surface area contributed by atoms with Crippen LogP contribution in [0, 0.1) is 17.8 Å². The first-order valence-electron chi connectivity index (χ1n) is 21.8. The quantitative estimate of drug-likeness (QED) is 0.0434. The first kappa shape index (κ1) is 44.4. The van der Waals surface area contributed by atoms with Crippen molar-refractivity contribution in [3.05, 3.63) is 102 Å². The summed E-state index contributed by atoms with van der Waals surface area (Å²) in [6.07, 6.45) is 8.48. The number of rotatable bonds is 22. The average Bonchev–Trinajstić information content (AvgIpc) is 3.75. The van der Waals surface area contributed by atoms with Crippen molar-refractivity contribution in [1.29, 1.82) is 0 Å². The van der Waals surface area contributed by atoms with E-state index in [1.165, 1.54) is 4.90 Å². The molecule has 1 saturated carbocycles. The highest BCUT2D eigenvalue weighted by molar-refractivity contribution is 7.99. The van der Waals surface area contributed by atoms with E-state index in [0.29, 0.717) is 43.3 Å². The molecule has 6 unspecified atom stereocenters. The molecule has 0 saturated heterocycles. The molecule has 3 aromatic rings. The molecule has 0 radical (unpaired) electrons. The Kier molecular flexibility index (Phi) is 15.6. The van der Waals surface area contributed by atoms with E-state index in [2.05, 4.69) is 30.9 Å². The van der Waals surface area contributed by atoms with Gasteiger partial charge in [-0.25, -0.2) is 4.79 Å². The number of thioether (sulfide) groups is 1. The molecule has 4 aliphatic rings. The van der Waals surface area contributed by atoms with E-state index in [1.54, 1.807) is 29.7 Å². The molecule has 12 nitrogen and oxygen atoms in total. The standard InChI is InChI=1S/C48H60N2O10S/c1-4-24-58-48-44(50(47(53)54-5-2)31-33-18-20-42-43(27-33)57-32-56-42)30-40(49-59-6-3)38-28-34(14-10-12-22-51)37(17-11-13-23-52)45(46(38)48)39-29-35(19-21-41(39)60-48)55-25-26-61-36-15-8-7-9-16-36/h4,7-9,15-16,18-21,27-29,34,37,44-46,51-52H,1,5-6,10-14,17,22-26,30-32H2,2-3H3. The van der Waals surface area contributed by atoms with E-state index in [-0.39, 0.29) is 63.9 Å². The van der Waals surface area contributed by atoms with Crippen LogP contribution in [0.4, 0.5) is 4.79 Å². The molecule has 61 heavy (non-hydrogen) atoms. The summed E-state index contributed by atoms with van der Waals surface area (Å²) < 4.78 is 38.1. The Morgan fingerprint density at radius 1 is 0.967 bits per heavy atom. The highest BCUT2D eigenvalue weighted by Crippen LogP contribution is 2.62. The summed E-state index contributed by atoms with van der Waals surface area (Å²) in [7, 11) is 0. The van der Waals surface area contributed by atoms with Crippen LogP contribution < -0.4 is 18.9 Å². The van der Waals surface area contributed by atoms with Crippen molar-refractivity contribution in [2.24, 2.45) is 22.9 Å². The molecule has 0 spiro atoms. The van der Waals surface area contributed by atoms with Gasteiger partial charge in [-0.2, -0.15) is 0 Å². The van der Waals surface area contributed by atoms with Crippen LogP contribution in [0.5, 0.6) is 23.0 Å². The predicted octanol–water partition coefficient (Wildman–Crippen LogP) is 8.90. The topological polar surface area (TPSA) is 138 Å². The number of nitrogens with zero attached hydrogens (tertiary/aromatic N) is 2. The number of fused-ring (bicyclic) bond motifs is 3. The van der Waals surface area contributed by atoms with Crippen LogP contribution in [0.15, 0.2) is 101 Å². The third-order valence-electron chi connectivity index (χ3n) is 12.0. The molecule has 2 aliphatic heterocycles. The van der Waals surface area contributed by atoms with Gasteiger partial charge in [0.2, 0.25) is 12.6 Å². The molecule has 1 amide bonds. The largest absolute Gasteiger partial charge is 0.493 e. The van der Waals surface area contributed by atoms with Crippen LogP contribution >= 0.6 is 11.8 Å². The summed E-state index contributed by atoms with van der Waals surface area (Å²) in [5.41, 5.74) is 3.50. The average molecular weight is 857 g/mol. The number of carbonyl (C=O) groups excluding carboxylic acids is 1. The minimum absolute atomic E-state index is 0.0780. The van der Waals surface area contributed by atoms with Crippen molar-refractivity contribution >= 4 is 23.6 Å². The first-order chi connectivity index (χ1) is 29.9. The fraction of sp³-hybridized carbons (Fsp3) is 0.500. The minimum Gasteiger partial charge on any atom is -0.493 e. The molecule has 2 heterocycles. The Balaban J connectivity index is 1.37. The Labute approximate surface area is 363 Å². The maximum atomic E-state index is 14.5. The number of aliphatic hydroxyl groups is 2. The number of unbranched alkanes of at least 4 members (excludes halogenated alkanes) is 2. The van der Waals surface area contributed by atoms with Gasteiger partial charge in [-0.3, -0.25) is 4.90 Å². The third kappa shape index (κ3) is 10.0. The van der Waals surface area contributed by atoms with Crippen molar-refractivity contribution in [3.8, 4) is 23.0 Å². The molecule has 1 fully saturated rings. The molecule has 0 aromatic heterocycles. The van der Waals surface area contributed by atoms with Gasteiger partial charge in [0.25, 0.3) is 0 Å². The highest BCUT2D eigenvalue weighted by atomic mass is 32.2. The van der Waals surface area contributed by atoms with E-state index >= 15 is 0 Å². The van der Waals surface area contributed by atoms with Gasteiger partial charge in [-0.05, 0) is 105 Å². The summed E-state index contributed by atoms with van der Waals surface area (Å²) in [5, 5.41) is 24.6. The molecule has 2 N–H and O–H groups in total. The van der Waals surface area contributed by atoms with Gasteiger partial charge in [-0.1, -0.05) is 54.4 Å². The van der Waals surface area contributed by atoms with Gasteiger partial charge in [0, 0.05) is 48.3 Å². The number of hydrogen-bond acceptors (Lipinski definition) is 12. The zero-order valence-corrected chi connectivity index (χ0v) is 36.2. The van der Waals surface area contributed by atoms with Crippen molar-refractivity contribution < 1.29 is 48.3 Å². The number of allylic oxidation sites excluding steroid dienone is 1. The second-order valence-electron chi connectivity index (χ2n) is 15.7. The number of ether oxygens (including phenoxy) is 6. The van der Waals surface area contributed by atoms with Crippen molar-refractivity contribution in [3.63, 3.8) is 0 Å². The summed E-state index contributed by atoms with van der Waals surface area (Å²) >= 11 is 1.75. The van der Waals surface area contributed by atoms with Gasteiger partial charge < -0.3 is 43.5 Å². The molecule has 3 aromatic carbocycles. The normalized spacial score (nSPS) is 23.9. The number of aliphatic hydroxyl groups excluding tert-OH is 2. The lowest BCUT2D eigenvalue weighted by Gasteiger charge is -2.59. The second kappa shape index (κ2) is 21.4. The lowest BCUT2D eigenvalue weighted by Crippen LogP contribution is -2.70. The van der Waals surface area contributed by atoms with Crippen molar-refractivity contribution in [1.82, 2.24) is 4.90 Å². The lowest BCUT2D eigenvalue weighted by atomic mass is 9.55. The van der Waals surface area contributed by atoms with E-state index in [4.69, 9.17) is 38.4 Å². The SMILES string of the molecule is C=CCOC12Oc3ccc(OCCSc4ccccc4)cc3C3C(CCCCO)C(CCCCO)C=C(C(=NOCC)CC1N(Cc1ccc4c(c1)OCO4)C(=O)OCC)C32. The highest BCUT2D eigenvalue weighted by Gasteiger charge is 2.65. The van der Waals surface area contributed by atoms with Crippen molar-refractivity contribution in [2.75, 3.05) is 52.2 Å². The van der Waals surface area contributed by atoms with Crippen LogP contribution in [-0.2, 0) is 20.9 Å². The Morgan fingerprint density at radius 2 is 1.75 bits per heavy atom. The summed E-state index contributed by atoms with van der Waals surface area (Å²) in [5.74, 6) is 1.54. The summed E-state index contributed by atoms with van der Waals surface area (Å²) in [6, 6.07) is 21.3. The monoisotopic (exact) mass is 856 g/mol. The first-order valence-corrected chi connectivity index (χ1v) is 22.8. The van der Waals surface area contributed by atoms with Gasteiger partial charge in [0.15, 0.2) is 11.5 Å². The number of amides is 1. The van der Waals surface area contributed by atoms with Crippen LogP contribution in [0.1, 0.15) is 75.8 Å². The number of oxime groups is 1. The van der Waals surface area contributed by atoms with Crippen LogP contribution in [0.2, 0.25) is 0 Å². The van der Waals surface area contributed by atoms with E-state index < -0.39 is 23.8 Å². The van der Waals surface area contributed by atoms with Crippen molar-refractivity contribution in [2.45, 2.75) is 88.0 Å². The lowest BCUT2D eigenvalue weighted by molar-refractivity contribution is -0.256. The minimum atomic E-state index is -1.42. The van der Waals surface area contributed by atoms with E-state index in [0.717, 1.165) is 59.6 Å². The van der Waals surface area contributed by atoms with Crippen LogP contribution in [0.25, 0.3) is 0 Å². The smallest absolute Gasteiger partial charge is 0.410 e. The molecular formula is C48H60N2O10S. The van der Waals surface area contributed by atoms with Crippen LogP contribution in [0.3, 0.4) is 0 Å². The molecular weight excluding hydrogens is 797 g/mol. The number of benzene rings is 3. The summed E-state index contributed by atoms with van der Waals surface area (Å²) in [6.45, 7) is 9.43. The predicted molar refractivity (Wildman–Crippen MR) is 234 cm³/mol. The van der Waals surface area contributed by atoms with E-state index in [9.17, 15) is 15.0 Å². The van der Waals surface area contributed by atoms with Gasteiger partial charge >= 0.3 is 6.09 Å². The molecule has 7 rings (SSSR count). The molecule has 2 aliphatic carbocycles. The third-order valence-corrected chi connectivity index (χ3v) is 13.0. The Morgan fingerprint density at radius 3 is 2.52 bits per heavy atom. The fourth-order valence-corrected chi connectivity index (χ4v) is 10.2. The fourth-order valence-electron chi connectivity index (χ4n) is 9.46. The second-order valence-corrected chi connectivity index (χ2v) is 16.9. The van der Waals surface area contributed by atoms with Crippen LogP contribution in [-0.4, -0.2) is 90.9 Å². The maximum Gasteiger partial charge on any atom is 0.410 e. The maximum absolute atomic E-state index is 14.5. The number of hydrogen-bond donors (Lipinski definition) is 2. The molecule has 6 atom stereocenters. The molecule has 0 bridgehead atoms. The van der Waals surface area contributed by atoms with Gasteiger partial charge in [0.05, 0.1) is 31.5 Å². The van der Waals surface area contributed by atoms with Gasteiger partial charge in [-0.15, -0.1) is 18.3 Å². The summed E-state index contributed by atoms with van der Waals surface area (Å²) in [4.78, 5) is 23.2. The zero-order valence-electron chi connectivity index (χ0n) is 35.4.